The summed E-state index contributed by atoms with van der Waals surface area (Å²) >= 11 is 3.48. The fraction of sp³-hybridized carbons (Fsp3) is 0.400. The predicted octanol–water partition coefficient (Wildman–Crippen LogP) is 3.09. The number of piperidine rings is 3. The van der Waals surface area contributed by atoms with Crippen molar-refractivity contribution in [2.75, 3.05) is 20.2 Å². The first-order valence-electron chi connectivity index (χ1n) is 6.53. The topological polar surface area (TPSA) is 29.5 Å². The SMILES string of the molecule is COc1ccc(/C=C2/C(=O)C3CCN2CC3)cc1Br. The average molecular weight is 322 g/mol. The number of hydrogen-bond acceptors (Lipinski definition) is 3. The number of benzene rings is 1. The summed E-state index contributed by atoms with van der Waals surface area (Å²) in [6.07, 6.45) is 4.03. The molecule has 0 aromatic heterocycles. The van der Waals surface area contributed by atoms with E-state index in [1.807, 2.05) is 24.3 Å². The van der Waals surface area contributed by atoms with Crippen LogP contribution in [0.4, 0.5) is 0 Å². The van der Waals surface area contributed by atoms with Crippen LogP contribution in [0, 0.1) is 5.92 Å². The van der Waals surface area contributed by atoms with Crippen molar-refractivity contribution in [2.24, 2.45) is 5.92 Å². The molecule has 0 amide bonds. The summed E-state index contributed by atoms with van der Waals surface area (Å²) in [5.41, 5.74) is 1.91. The molecule has 2 bridgehead atoms. The van der Waals surface area contributed by atoms with Gasteiger partial charge in [0.25, 0.3) is 0 Å². The first-order chi connectivity index (χ1) is 9.19. The van der Waals surface area contributed by atoms with Crippen molar-refractivity contribution >= 4 is 27.8 Å². The highest BCUT2D eigenvalue weighted by molar-refractivity contribution is 9.10. The molecule has 0 aliphatic carbocycles. The summed E-state index contributed by atoms with van der Waals surface area (Å²) in [5.74, 6) is 1.36. The van der Waals surface area contributed by atoms with Crippen molar-refractivity contribution in [3.63, 3.8) is 0 Å². The van der Waals surface area contributed by atoms with E-state index in [4.69, 9.17) is 4.74 Å². The van der Waals surface area contributed by atoms with Gasteiger partial charge in [0.05, 0.1) is 17.3 Å². The van der Waals surface area contributed by atoms with Crippen LogP contribution < -0.4 is 4.74 Å². The number of allylic oxidation sites excluding steroid dienone is 1. The Morgan fingerprint density at radius 2 is 2.11 bits per heavy atom. The third-order valence-corrected chi connectivity index (χ3v) is 4.56. The van der Waals surface area contributed by atoms with Crippen LogP contribution in [0.25, 0.3) is 6.08 Å². The molecule has 4 rings (SSSR count). The number of nitrogens with zero attached hydrogens (tertiary/aromatic N) is 1. The van der Waals surface area contributed by atoms with Gasteiger partial charge >= 0.3 is 0 Å². The summed E-state index contributed by atoms with van der Waals surface area (Å²) < 4.78 is 6.13. The van der Waals surface area contributed by atoms with E-state index >= 15 is 0 Å². The second-order valence-corrected chi connectivity index (χ2v) is 5.90. The molecule has 3 heterocycles. The first-order valence-corrected chi connectivity index (χ1v) is 7.33. The van der Waals surface area contributed by atoms with Crippen molar-refractivity contribution in [1.29, 1.82) is 0 Å². The zero-order valence-electron chi connectivity index (χ0n) is 10.9. The van der Waals surface area contributed by atoms with Crippen LogP contribution in [0.1, 0.15) is 18.4 Å². The maximum absolute atomic E-state index is 12.3. The minimum Gasteiger partial charge on any atom is -0.496 e. The zero-order valence-corrected chi connectivity index (χ0v) is 12.4. The third-order valence-electron chi connectivity index (χ3n) is 3.94. The number of methoxy groups -OCH3 is 1. The van der Waals surface area contributed by atoms with E-state index < -0.39 is 0 Å². The van der Waals surface area contributed by atoms with E-state index in [2.05, 4.69) is 20.8 Å². The Kier molecular flexibility index (Phi) is 3.35. The molecule has 0 saturated carbocycles. The highest BCUT2D eigenvalue weighted by Crippen LogP contribution is 2.33. The van der Waals surface area contributed by atoms with Crippen LogP contribution in [-0.2, 0) is 4.79 Å². The van der Waals surface area contributed by atoms with Gasteiger partial charge in [-0.05, 0) is 52.5 Å². The van der Waals surface area contributed by atoms with Crippen molar-refractivity contribution in [2.45, 2.75) is 12.8 Å². The van der Waals surface area contributed by atoms with Gasteiger partial charge in [-0.1, -0.05) is 6.07 Å². The van der Waals surface area contributed by atoms with Gasteiger partial charge in [-0.3, -0.25) is 4.79 Å². The summed E-state index contributed by atoms with van der Waals surface area (Å²) in [7, 11) is 1.65. The van der Waals surface area contributed by atoms with E-state index in [-0.39, 0.29) is 5.92 Å². The van der Waals surface area contributed by atoms with Gasteiger partial charge in [0, 0.05) is 19.0 Å². The zero-order chi connectivity index (χ0) is 13.4. The number of ketones is 1. The normalized spacial score (nSPS) is 21.3. The van der Waals surface area contributed by atoms with E-state index in [0.717, 1.165) is 47.4 Å². The van der Waals surface area contributed by atoms with Crippen molar-refractivity contribution < 1.29 is 9.53 Å². The summed E-state index contributed by atoms with van der Waals surface area (Å²) in [5, 5.41) is 0. The lowest BCUT2D eigenvalue weighted by atomic mass is 9.84. The second-order valence-electron chi connectivity index (χ2n) is 5.05. The molecule has 1 aromatic carbocycles. The van der Waals surface area contributed by atoms with Crippen LogP contribution in [0.3, 0.4) is 0 Å². The molecule has 0 N–H and O–H groups in total. The fourth-order valence-electron chi connectivity index (χ4n) is 2.84. The molecule has 3 aliphatic rings. The van der Waals surface area contributed by atoms with Crippen LogP contribution in [0.5, 0.6) is 5.75 Å². The molecule has 0 atom stereocenters. The molecule has 3 aliphatic heterocycles. The number of carbonyl (C=O) groups is 1. The summed E-state index contributed by atoms with van der Waals surface area (Å²) in [6.45, 7) is 2.03. The van der Waals surface area contributed by atoms with Crippen LogP contribution in [-0.4, -0.2) is 30.9 Å². The van der Waals surface area contributed by atoms with E-state index in [0.29, 0.717) is 5.78 Å². The number of hydrogen-bond donors (Lipinski definition) is 0. The maximum Gasteiger partial charge on any atom is 0.182 e. The summed E-state index contributed by atoms with van der Waals surface area (Å²) in [6, 6.07) is 5.88. The second kappa shape index (κ2) is 5.00. The number of Topliss-reactive ketones (excluding diaryl/α,β-unsaturated/α-hetero) is 1. The van der Waals surface area contributed by atoms with Crippen molar-refractivity contribution in [3.05, 3.63) is 33.9 Å². The number of fused-ring (bicyclic) bond motifs is 3. The van der Waals surface area contributed by atoms with Crippen molar-refractivity contribution in [3.8, 4) is 5.75 Å². The Labute approximate surface area is 121 Å². The molecular weight excluding hydrogens is 306 g/mol. The molecular formula is C15H16BrNO2. The molecule has 0 radical (unpaired) electrons. The number of halogens is 1. The number of ether oxygens (including phenoxy) is 1. The Bertz CT molecular complexity index is 545. The highest BCUT2D eigenvalue weighted by atomic mass is 79.9. The average Bonchev–Trinajstić information content (AvgIpc) is 2.43. The van der Waals surface area contributed by atoms with Crippen LogP contribution >= 0.6 is 15.9 Å². The van der Waals surface area contributed by atoms with Gasteiger partial charge in [0.1, 0.15) is 5.75 Å². The smallest absolute Gasteiger partial charge is 0.182 e. The Morgan fingerprint density at radius 1 is 1.37 bits per heavy atom. The Morgan fingerprint density at radius 3 is 2.68 bits per heavy atom. The number of carbonyl (C=O) groups excluding carboxylic acids is 1. The van der Waals surface area contributed by atoms with Crippen LogP contribution in [0.2, 0.25) is 0 Å². The molecule has 19 heavy (non-hydrogen) atoms. The highest BCUT2D eigenvalue weighted by Gasteiger charge is 2.36. The molecule has 3 nitrogen and oxygen atoms in total. The molecule has 4 heteroatoms. The van der Waals surface area contributed by atoms with E-state index in [9.17, 15) is 4.79 Å². The molecule has 3 saturated heterocycles. The molecule has 1 aromatic rings. The predicted molar refractivity (Wildman–Crippen MR) is 78.0 cm³/mol. The lowest BCUT2D eigenvalue weighted by Gasteiger charge is -2.41. The largest absolute Gasteiger partial charge is 0.496 e. The minimum absolute atomic E-state index is 0.248. The minimum atomic E-state index is 0.248. The van der Waals surface area contributed by atoms with Crippen LogP contribution in [0.15, 0.2) is 28.4 Å². The van der Waals surface area contributed by atoms with Gasteiger partial charge in [-0.2, -0.15) is 0 Å². The first kappa shape index (κ1) is 12.7. The van der Waals surface area contributed by atoms with Gasteiger partial charge in [0.15, 0.2) is 5.78 Å². The van der Waals surface area contributed by atoms with Gasteiger partial charge in [0.2, 0.25) is 0 Å². The molecule has 100 valence electrons. The maximum atomic E-state index is 12.3. The van der Waals surface area contributed by atoms with Gasteiger partial charge < -0.3 is 9.64 Å². The molecule has 0 spiro atoms. The van der Waals surface area contributed by atoms with E-state index in [1.165, 1.54) is 0 Å². The molecule has 0 unspecified atom stereocenters. The Balaban J connectivity index is 1.93. The quantitative estimate of drug-likeness (QED) is 0.784. The molecule has 3 fully saturated rings. The number of rotatable bonds is 2. The third kappa shape index (κ3) is 2.29. The lowest BCUT2D eigenvalue weighted by molar-refractivity contribution is -0.125. The van der Waals surface area contributed by atoms with E-state index in [1.54, 1.807) is 7.11 Å². The monoisotopic (exact) mass is 321 g/mol. The van der Waals surface area contributed by atoms with Gasteiger partial charge in [-0.25, -0.2) is 0 Å². The lowest BCUT2D eigenvalue weighted by Crippen LogP contribution is -2.45. The van der Waals surface area contributed by atoms with Crippen molar-refractivity contribution in [1.82, 2.24) is 4.90 Å². The Hall–Kier alpha value is -1.29. The standard InChI is InChI=1S/C15H16BrNO2/c1-19-14-3-2-10(8-12(14)16)9-13-15(18)11-4-6-17(13)7-5-11/h2-3,8-9,11H,4-7H2,1H3/b13-9-. The summed E-state index contributed by atoms with van der Waals surface area (Å²) in [4.78, 5) is 14.5. The fourth-order valence-corrected chi connectivity index (χ4v) is 3.40. The van der Waals surface area contributed by atoms with Gasteiger partial charge in [-0.15, -0.1) is 0 Å².